The molecule has 2 aliphatic carbocycles. The second-order valence-electron chi connectivity index (χ2n) is 7.93. The number of anilines is 1. The minimum Gasteiger partial charge on any atom is -0.330 e. The van der Waals surface area contributed by atoms with Crippen molar-refractivity contribution < 1.29 is 8.91 Å². The largest absolute Gasteiger partial charge is 0.330 e. The summed E-state index contributed by atoms with van der Waals surface area (Å²) >= 11 is 0. The molecule has 0 radical (unpaired) electrons. The maximum absolute atomic E-state index is 14.5. The number of hydrazone groups is 1. The van der Waals surface area contributed by atoms with E-state index in [2.05, 4.69) is 32.6 Å². The molecule has 4 aliphatic rings. The van der Waals surface area contributed by atoms with Crippen LogP contribution in [-0.4, -0.2) is 31.7 Å². The fraction of sp³-hybridized carbons (Fsp3) is 0.647. The summed E-state index contributed by atoms with van der Waals surface area (Å²) in [7, 11) is 0. The molecule has 0 amide bonds. The van der Waals surface area contributed by atoms with E-state index in [1.54, 1.807) is 10.8 Å². The second-order valence-corrected chi connectivity index (χ2v) is 7.93. The number of aromatic nitrogens is 4. The number of rotatable bonds is 2. The molecule has 5 unspecified atom stereocenters. The van der Waals surface area contributed by atoms with Gasteiger partial charge in [-0.05, 0) is 25.2 Å². The van der Waals surface area contributed by atoms with Gasteiger partial charge in [0, 0.05) is 17.9 Å². The molecule has 136 valence electrons. The van der Waals surface area contributed by atoms with Gasteiger partial charge in [-0.15, -0.1) is 0 Å². The number of nitrogens with one attached hydrogen (secondary N) is 1. The standard InChI is InChI=1S/C17H20FN7O/c1-8-6-10(8)13-20-16(26-23-13)15-22-21-14-9-4-2-3-5-11(9)24-12(25(14)15)7-19-17(24)18/h7-11,14,21H,2-6H2,1H3. The first kappa shape index (κ1) is 14.7. The van der Waals surface area contributed by atoms with E-state index in [0.717, 1.165) is 37.9 Å². The van der Waals surface area contributed by atoms with Crippen LogP contribution in [-0.2, 0) is 0 Å². The average molecular weight is 357 g/mol. The summed E-state index contributed by atoms with van der Waals surface area (Å²) in [6.45, 7) is 2.18. The molecule has 2 fully saturated rings. The van der Waals surface area contributed by atoms with Crippen molar-refractivity contribution in [1.29, 1.82) is 0 Å². The van der Waals surface area contributed by atoms with Crippen LogP contribution in [0.1, 0.15) is 62.7 Å². The molecule has 2 aromatic rings. The lowest BCUT2D eigenvalue weighted by molar-refractivity contribution is 0.161. The van der Waals surface area contributed by atoms with Crippen LogP contribution in [0.4, 0.5) is 10.2 Å². The molecule has 4 heterocycles. The minimum atomic E-state index is -0.431. The van der Waals surface area contributed by atoms with Gasteiger partial charge in [-0.3, -0.25) is 14.9 Å². The number of halogens is 1. The van der Waals surface area contributed by atoms with E-state index in [0.29, 0.717) is 29.4 Å². The zero-order valence-electron chi connectivity index (χ0n) is 14.5. The number of fused-ring (bicyclic) bond motifs is 6. The third kappa shape index (κ3) is 1.88. The first-order valence-electron chi connectivity index (χ1n) is 9.41. The number of hydrogen-bond donors (Lipinski definition) is 1. The Kier molecular flexibility index (Phi) is 2.85. The van der Waals surface area contributed by atoms with E-state index in [1.807, 2.05) is 4.90 Å². The van der Waals surface area contributed by atoms with Crippen LogP contribution in [0.3, 0.4) is 0 Å². The quantitative estimate of drug-likeness (QED) is 0.888. The maximum atomic E-state index is 14.5. The van der Waals surface area contributed by atoms with Crippen LogP contribution < -0.4 is 10.3 Å². The maximum Gasteiger partial charge on any atom is 0.295 e. The lowest BCUT2D eigenvalue weighted by atomic mass is 9.80. The first-order valence-corrected chi connectivity index (χ1v) is 9.41. The lowest BCUT2D eigenvalue weighted by Gasteiger charge is -2.45. The van der Waals surface area contributed by atoms with Gasteiger partial charge < -0.3 is 4.52 Å². The normalized spacial score (nSPS) is 34.6. The summed E-state index contributed by atoms with van der Waals surface area (Å²) in [4.78, 5) is 10.5. The van der Waals surface area contributed by atoms with Gasteiger partial charge in [0.25, 0.3) is 12.0 Å². The molecule has 2 saturated carbocycles. The Hall–Kier alpha value is -2.45. The number of hydrogen-bond acceptors (Lipinski definition) is 7. The SMILES string of the molecule is CC1CC1c1noc(C2=NNC3C4CCCCC4n4c(cnc4F)N23)n1. The molecule has 0 bridgehead atoms. The zero-order valence-corrected chi connectivity index (χ0v) is 14.5. The van der Waals surface area contributed by atoms with Gasteiger partial charge in [0.2, 0.25) is 5.84 Å². The molecular weight excluding hydrogens is 337 g/mol. The van der Waals surface area contributed by atoms with Gasteiger partial charge >= 0.3 is 0 Å². The summed E-state index contributed by atoms with van der Waals surface area (Å²) in [5.41, 5.74) is 3.24. The average Bonchev–Trinajstić information content (AvgIpc) is 3.05. The Morgan fingerprint density at radius 1 is 1.31 bits per heavy atom. The van der Waals surface area contributed by atoms with Gasteiger partial charge in [0.1, 0.15) is 12.0 Å². The molecule has 0 saturated heterocycles. The number of amidine groups is 1. The fourth-order valence-corrected chi connectivity index (χ4v) is 4.86. The predicted molar refractivity (Wildman–Crippen MR) is 89.9 cm³/mol. The first-order chi connectivity index (χ1) is 12.7. The molecular formula is C17H20FN7O. The van der Waals surface area contributed by atoms with Crippen LogP contribution in [0.2, 0.25) is 0 Å². The molecule has 8 nitrogen and oxygen atoms in total. The van der Waals surface area contributed by atoms with E-state index in [-0.39, 0.29) is 18.1 Å². The van der Waals surface area contributed by atoms with E-state index < -0.39 is 6.08 Å². The Morgan fingerprint density at radius 2 is 2.15 bits per heavy atom. The van der Waals surface area contributed by atoms with E-state index in [1.165, 1.54) is 0 Å². The fourth-order valence-electron chi connectivity index (χ4n) is 4.86. The van der Waals surface area contributed by atoms with Crippen molar-refractivity contribution in [3.63, 3.8) is 0 Å². The van der Waals surface area contributed by atoms with Gasteiger partial charge in [-0.25, -0.2) is 4.98 Å². The van der Waals surface area contributed by atoms with Crippen molar-refractivity contribution in [1.82, 2.24) is 25.1 Å². The third-order valence-corrected chi connectivity index (χ3v) is 6.38. The highest BCUT2D eigenvalue weighted by molar-refractivity contribution is 6.08. The summed E-state index contributed by atoms with van der Waals surface area (Å²) in [5, 5.41) is 8.63. The summed E-state index contributed by atoms with van der Waals surface area (Å²) < 4.78 is 21.7. The van der Waals surface area contributed by atoms with Crippen molar-refractivity contribution in [3.8, 4) is 0 Å². The Bertz CT molecular complexity index is 905. The molecule has 0 aromatic carbocycles. The monoisotopic (exact) mass is 357 g/mol. The number of nitrogens with zero attached hydrogens (tertiary/aromatic N) is 6. The summed E-state index contributed by atoms with van der Waals surface area (Å²) in [5.74, 6) is 3.65. The van der Waals surface area contributed by atoms with Gasteiger partial charge in [-0.1, -0.05) is 24.9 Å². The van der Waals surface area contributed by atoms with Crippen molar-refractivity contribution >= 4 is 11.7 Å². The highest BCUT2D eigenvalue weighted by Crippen LogP contribution is 2.47. The molecule has 2 aromatic heterocycles. The highest BCUT2D eigenvalue weighted by atomic mass is 19.1. The van der Waals surface area contributed by atoms with Crippen LogP contribution in [0.5, 0.6) is 0 Å². The summed E-state index contributed by atoms with van der Waals surface area (Å²) in [6.07, 6.45) is 6.50. The molecule has 9 heteroatoms. The minimum absolute atomic E-state index is 0.0194. The summed E-state index contributed by atoms with van der Waals surface area (Å²) in [6, 6.07) is 0.120. The molecule has 26 heavy (non-hydrogen) atoms. The smallest absolute Gasteiger partial charge is 0.295 e. The van der Waals surface area contributed by atoms with Crippen LogP contribution in [0.15, 0.2) is 15.8 Å². The van der Waals surface area contributed by atoms with Crippen LogP contribution in [0.25, 0.3) is 0 Å². The Morgan fingerprint density at radius 3 is 3.00 bits per heavy atom. The van der Waals surface area contributed by atoms with Crippen molar-refractivity contribution in [3.05, 3.63) is 24.0 Å². The Balaban J connectivity index is 1.41. The lowest BCUT2D eigenvalue weighted by Crippen LogP contribution is -2.54. The van der Waals surface area contributed by atoms with E-state index in [9.17, 15) is 4.39 Å². The highest BCUT2D eigenvalue weighted by Gasteiger charge is 2.49. The molecule has 1 N–H and O–H groups in total. The molecule has 6 rings (SSSR count). The van der Waals surface area contributed by atoms with Crippen LogP contribution >= 0.6 is 0 Å². The van der Waals surface area contributed by atoms with Crippen molar-refractivity contribution in [2.24, 2.45) is 16.9 Å². The van der Waals surface area contributed by atoms with Crippen molar-refractivity contribution in [2.45, 2.75) is 57.2 Å². The van der Waals surface area contributed by atoms with Gasteiger partial charge in [-0.2, -0.15) is 14.5 Å². The number of imidazole rings is 1. The molecule has 0 spiro atoms. The molecule has 2 aliphatic heterocycles. The second kappa shape index (κ2) is 5.05. The zero-order chi connectivity index (χ0) is 17.4. The van der Waals surface area contributed by atoms with E-state index in [4.69, 9.17) is 4.52 Å². The van der Waals surface area contributed by atoms with Gasteiger partial charge in [0.05, 0.1) is 6.20 Å². The van der Waals surface area contributed by atoms with Crippen molar-refractivity contribution in [2.75, 3.05) is 4.90 Å². The topological polar surface area (TPSA) is 84.4 Å². The third-order valence-electron chi connectivity index (χ3n) is 6.38. The van der Waals surface area contributed by atoms with Gasteiger partial charge in [0.15, 0.2) is 5.82 Å². The Labute approximate surface area is 149 Å². The van der Waals surface area contributed by atoms with E-state index >= 15 is 0 Å². The predicted octanol–water partition coefficient (Wildman–Crippen LogP) is 2.37. The van der Waals surface area contributed by atoms with Crippen LogP contribution in [0, 0.1) is 17.9 Å². The molecule has 5 atom stereocenters.